The fourth-order valence-electron chi connectivity index (χ4n) is 4.20. The van der Waals surface area contributed by atoms with Crippen LogP contribution in [0.15, 0.2) is 0 Å². The van der Waals surface area contributed by atoms with Gasteiger partial charge in [0.15, 0.2) is 0 Å². The molecule has 0 radical (unpaired) electrons. The van der Waals surface area contributed by atoms with E-state index in [-0.39, 0.29) is 12.5 Å². The van der Waals surface area contributed by atoms with Gasteiger partial charge in [0.1, 0.15) is 5.00 Å². The summed E-state index contributed by atoms with van der Waals surface area (Å²) in [6.45, 7) is 4.22. The third kappa shape index (κ3) is 4.18. The Bertz CT molecular complexity index is 741. The van der Waals surface area contributed by atoms with E-state index in [9.17, 15) is 19.5 Å². The molecule has 0 unspecified atom stereocenters. The molecule has 2 aliphatic carbocycles. The highest BCUT2D eigenvalue weighted by molar-refractivity contribution is 7.17. The largest absolute Gasteiger partial charge is 0.481 e. The number of amides is 1. The van der Waals surface area contributed by atoms with Crippen molar-refractivity contribution in [3.8, 4) is 0 Å². The van der Waals surface area contributed by atoms with Crippen molar-refractivity contribution in [2.75, 3.05) is 11.9 Å². The zero-order chi connectivity index (χ0) is 19.6. The average Bonchev–Trinajstić information content (AvgIpc) is 2.98. The van der Waals surface area contributed by atoms with E-state index in [2.05, 4.69) is 12.2 Å². The van der Waals surface area contributed by atoms with Gasteiger partial charge in [0.05, 0.1) is 24.0 Å². The summed E-state index contributed by atoms with van der Waals surface area (Å²) in [5.41, 5.74) is 1.46. The van der Waals surface area contributed by atoms with Crippen LogP contribution in [-0.4, -0.2) is 29.6 Å². The van der Waals surface area contributed by atoms with Crippen molar-refractivity contribution >= 4 is 34.2 Å². The normalized spacial score (nSPS) is 24.7. The lowest BCUT2D eigenvalue weighted by molar-refractivity contribution is -0.147. The molecule has 148 valence electrons. The first-order valence-corrected chi connectivity index (χ1v) is 10.6. The second kappa shape index (κ2) is 8.42. The molecule has 1 aromatic heterocycles. The summed E-state index contributed by atoms with van der Waals surface area (Å²) in [6.07, 6.45) is 5.48. The molecule has 6 nitrogen and oxygen atoms in total. The number of hydrogen-bond donors (Lipinski definition) is 2. The monoisotopic (exact) mass is 393 g/mol. The Morgan fingerprint density at radius 1 is 1.19 bits per heavy atom. The summed E-state index contributed by atoms with van der Waals surface area (Å²) in [6, 6.07) is 0. The molecular weight excluding hydrogens is 366 g/mol. The standard InChI is InChI=1S/C20H27NO5S/c1-3-26-20(25)16-14-9-8-11(2)10-15(14)27-18(16)21-17(22)12-6-4-5-7-13(12)19(23)24/h11-13H,3-10H2,1-2H3,(H,21,22)(H,23,24)/t11-,12-,13-/m0/s1. The topological polar surface area (TPSA) is 92.7 Å². The van der Waals surface area contributed by atoms with E-state index in [4.69, 9.17) is 4.74 Å². The molecule has 1 fully saturated rings. The Labute approximate surface area is 163 Å². The maximum atomic E-state index is 12.9. The molecule has 0 saturated heterocycles. The van der Waals surface area contributed by atoms with Crippen molar-refractivity contribution in [3.05, 3.63) is 16.0 Å². The van der Waals surface area contributed by atoms with Gasteiger partial charge in [-0.25, -0.2) is 4.79 Å². The number of thiophene rings is 1. The minimum absolute atomic E-state index is 0.275. The third-order valence-electron chi connectivity index (χ3n) is 5.65. The quantitative estimate of drug-likeness (QED) is 0.741. The summed E-state index contributed by atoms with van der Waals surface area (Å²) >= 11 is 1.44. The lowest BCUT2D eigenvalue weighted by Gasteiger charge is -2.27. The summed E-state index contributed by atoms with van der Waals surface area (Å²) < 4.78 is 5.23. The number of carbonyl (C=O) groups is 3. The second-order valence-electron chi connectivity index (χ2n) is 7.60. The Morgan fingerprint density at radius 2 is 1.89 bits per heavy atom. The Morgan fingerprint density at radius 3 is 2.56 bits per heavy atom. The van der Waals surface area contributed by atoms with Crippen LogP contribution in [0.4, 0.5) is 5.00 Å². The van der Waals surface area contributed by atoms with Crippen molar-refractivity contribution in [2.24, 2.45) is 17.8 Å². The molecule has 2 aliphatic rings. The third-order valence-corrected chi connectivity index (χ3v) is 6.82. The Kier molecular flexibility index (Phi) is 6.19. The van der Waals surface area contributed by atoms with Crippen LogP contribution in [-0.2, 0) is 27.2 Å². The van der Waals surface area contributed by atoms with Crippen LogP contribution in [0.1, 0.15) is 66.8 Å². The average molecular weight is 394 g/mol. The van der Waals surface area contributed by atoms with Crippen molar-refractivity contribution in [2.45, 2.75) is 58.8 Å². The summed E-state index contributed by atoms with van der Waals surface area (Å²) in [7, 11) is 0. The maximum absolute atomic E-state index is 12.9. The number of hydrogen-bond acceptors (Lipinski definition) is 5. The molecule has 1 aromatic rings. The van der Waals surface area contributed by atoms with Crippen molar-refractivity contribution in [3.63, 3.8) is 0 Å². The van der Waals surface area contributed by atoms with Gasteiger partial charge < -0.3 is 15.2 Å². The van der Waals surface area contributed by atoms with Crippen LogP contribution < -0.4 is 5.32 Å². The molecule has 1 saturated carbocycles. The van der Waals surface area contributed by atoms with E-state index in [1.54, 1.807) is 6.92 Å². The van der Waals surface area contributed by atoms with Gasteiger partial charge in [0, 0.05) is 4.88 Å². The van der Waals surface area contributed by atoms with Crippen molar-refractivity contribution in [1.82, 2.24) is 0 Å². The summed E-state index contributed by atoms with van der Waals surface area (Å²) in [4.78, 5) is 38.1. The lowest BCUT2D eigenvalue weighted by atomic mass is 9.78. The van der Waals surface area contributed by atoms with Gasteiger partial charge in [-0.2, -0.15) is 0 Å². The zero-order valence-corrected chi connectivity index (χ0v) is 16.7. The molecular formula is C20H27NO5S. The van der Waals surface area contributed by atoms with Gasteiger partial charge in [-0.05, 0) is 50.5 Å². The molecule has 3 rings (SSSR count). The van der Waals surface area contributed by atoms with Gasteiger partial charge in [-0.3, -0.25) is 9.59 Å². The molecule has 7 heteroatoms. The van der Waals surface area contributed by atoms with Gasteiger partial charge in [0.25, 0.3) is 0 Å². The summed E-state index contributed by atoms with van der Waals surface area (Å²) in [5.74, 6) is -2.27. The second-order valence-corrected chi connectivity index (χ2v) is 8.71. The van der Waals surface area contributed by atoms with Crippen LogP contribution in [0.5, 0.6) is 0 Å². The molecule has 0 aliphatic heterocycles. The lowest BCUT2D eigenvalue weighted by Crippen LogP contribution is -2.36. The number of rotatable bonds is 5. The first-order chi connectivity index (χ1) is 12.9. The minimum atomic E-state index is -0.917. The minimum Gasteiger partial charge on any atom is -0.481 e. The van der Waals surface area contributed by atoms with Crippen LogP contribution >= 0.6 is 11.3 Å². The molecule has 2 N–H and O–H groups in total. The highest BCUT2D eigenvalue weighted by Gasteiger charge is 2.37. The number of carboxylic acids is 1. The fourth-order valence-corrected chi connectivity index (χ4v) is 5.60. The molecule has 3 atom stereocenters. The van der Waals surface area contributed by atoms with Crippen LogP contribution in [0.3, 0.4) is 0 Å². The highest BCUT2D eigenvalue weighted by Crippen LogP contribution is 2.41. The predicted molar refractivity (Wildman–Crippen MR) is 103 cm³/mol. The molecule has 0 spiro atoms. The first-order valence-electron chi connectivity index (χ1n) is 9.77. The molecule has 27 heavy (non-hydrogen) atoms. The number of carbonyl (C=O) groups excluding carboxylic acids is 2. The highest BCUT2D eigenvalue weighted by atomic mass is 32.1. The number of esters is 1. The number of ether oxygens (including phenoxy) is 1. The van der Waals surface area contributed by atoms with Crippen LogP contribution in [0.2, 0.25) is 0 Å². The number of nitrogens with one attached hydrogen (secondary N) is 1. The molecule has 1 amide bonds. The van der Waals surface area contributed by atoms with Gasteiger partial charge in [0.2, 0.25) is 5.91 Å². The number of fused-ring (bicyclic) bond motifs is 1. The van der Waals surface area contributed by atoms with Crippen LogP contribution in [0, 0.1) is 17.8 Å². The van der Waals surface area contributed by atoms with Crippen LogP contribution in [0.25, 0.3) is 0 Å². The van der Waals surface area contributed by atoms with E-state index in [0.29, 0.717) is 29.3 Å². The number of aliphatic carboxylic acids is 1. The SMILES string of the molecule is CCOC(=O)c1c(NC(=O)[C@H]2CCCC[C@@H]2C(=O)O)sc2c1CC[C@H](C)C2. The number of carboxylic acid groups (broad SMARTS) is 1. The van der Waals surface area contributed by atoms with Gasteiger partial charge in [-0.15, -0.1) is 11.3 Å². The van der Waals surface area contributed by atoms with Gasteiger partial charge >= 0.3 is 11.9 Å². The molecule has 0 aromatic carbocycles. The van der Waals surface area contributed by atoms with Crippen molar-refractivity contribution < 1.29 is 24.2 Å². The van der Waals surface area contributed by atoms with Gasteiger partial charge in [-0.1, -0.05) is 19.8 Å². The summed E-state index contributed by atoms with van der Waals surface area (Å²) in [5, 5.41) is 12.9. The molecule has 0 bridgehead atoms. The predicted octanol–water partition coefficient (Wildman–Crippen LogP) is 3.88. The number of anilines is 1. The van der Waals surface area contributed by atoms with E-state index in [1.807, 2.05) is 0 Å². The van der Waals surface area contributed by atoms with E-state index < -0.39 is 23.8 Å². The zero-order valence-electron chi connectivity index (χ0n) is 15.9. The first kappa shape index (κ1) is 19.9. The van der Waals surface area contributed by atoms with Crippen molar-refractivity contribution in [1.29, 1.82) is 0 Å². The van der Waals surface area contributed by atoms with E-state index in [1.165, 1.54) is 11.3 Å². The fraction of sp³-hybridized carbons (Fsp3) is 0.650. The smallest absolute Gasteiger partial charge is 0.341 e. The van der Waals surface area contributed by atoms with E-state index in [0.717, 1.165) is 42.5 Å². The Balaban J connectivity index is 1.88. The molecule has 1 heterocycles. The van der Waals surface area contributed by atoms with E-state index >= 15 is 0 Å². The maximum Gasteiger partial charge on any atom is 0.341 e. The Hall–Kier alpha value is -1.89.